The molecule has 3 heteroatoms. The van der Waals surface area contributed by atoms with Gasteiger partial charge in [-0.05, 0) is 23.6 Å². The Morgan fingerprint density at radius 2 is 1.94 bits per heavy atom. The summed E-state index contributed by atoms with van der Waals surface area (Å²) in [5, 5.41) is 3.24. The van der Waals surface area contributed by atoms with Crippen LogP contribution in [0.1, 0.15) is 18.4 Å². The van der Waals surface area contributed by atoms with Crippen LogP contribution in [0.15, 0.2) is 48.7 Å². The molecule has 17 heavy (non-hydrogen) atoms. The van der Waals surface area contributed by atoms with Gasteiger partial charge >= 0.3 is 0 Å². The summed E-state index contributed by atoms with van der Waals surface area (Å²) in [6, 6.07) is 13.3. The molecule has 0 saturated carbocycles. The highest BCUT2D eigenvalue weighted by Gasteiger charge is 2.04. The molecule has 0 radical (unpaired) electrons. The van der Waals surface area contributed by atoms with Gasteiger partial charge in [0.05, 0.1) is 11.9 Å². The summed E-state index contributed by atoms with van der Waals surface area (Å²) >= 11 is 0. The van der Waals surface area contributed by atoms with Gasteiger partial charge in [-0.2, -0.15) is 4.39 Å². The lowest BCUT2D eigenvalue weighted by molar-refractivity contribution is 0.584. The zero-order chi connectivity index (χ0) is 12.1. The maximum Gasteiger partial charge on any atom is 0.212 e. The topological polar surface area (TPSA) is 24.9 Å². The van der Waals surface area contributed by atoms with Gasteiger partial charge in [0.1, 0.15) is 0 Å². The van der Waals surface area contributed by atoms with Crippen molar-refractivity contribution >= 4 is 5.69 Å². The third-order valence-electron chi connectivity index (χ3n) is 2.71. The van der Waals surface area contributed by atoms with Crippen LogP contribution in [0, 0.1) is 5.95 Å². The second kappa shape index (κ2) is 5.43. The Balaban J connectivity index is 1.92. The smallest absolute Gasteiger partial charge is 0.212 e. The summed E-state index contributed by atoms with van der Waals surface area (Å²) in [6.07, 6.45) is 1.51. The van der Waals surface area contributed by atoms with Gasteiger partial charge in [-0.3, -0.25) is 0 Å². The number of nitrogens with one attached hydrogen (secondary N) is 1. The van der Waals surface area contributed by atoms with E-state index in [1.165, 1.54) is 17.8 Å². The molecule has 1 aromatic carbocycles. The Morgan fingerprint density at radius 3 is 2.59 bits per heavy atom. The van der Waals surface area contributed by atoms with Crippen molar-refractivity contribution in [3.8, 4) is 0 Å². The average molecular weight is 230 g/mol. The van der Waals surface area contributed by atoms with Crippen molar-refractivity contribution in [2.45, 2.75) is 12.8 Å². The highest BCUT2D eigenvalue weighted by molar-refractivity contribution is 5.40. The Bertz CT molecular complexity index is 453. The minimum atomic E-state index is -0.452. The van der Waals surface area contributed by atoms with Crippen LogP contribution in [0.25, 0.3) is 0 Å². The molecule has 88 valence electrons. The van der Waals surface area contributed by atoms with Crippen LogP contribution >= 0.6 is 0 Å². The largest absolute Gasteiger partial charge is 0.383 e. The number of aromatic nitrogens is 1. The fraction of sp³-hybridized carbons (Fsp3) is 0.214. The number of rotatable bonds is 4. The molecule has 0 fully saturated rings. The van der Waals surface area contributed by atoms with Crippen molar-refractivity contribution < 1.29 is 4.39 Å². The third-order valence-corrected chi connectivity index (χ3v) is 2.71. The van der Waals surface area contributed by atoms with Crippen LogP contribution in [0.4, 0.5) is 10.1 Å². The number of hydrogen-bond acceptors (Lipinski definition) is 2. The lowest BCUT2D eigenvalue weighted by atomic mass is 10.0. The van der Waals surface area contributed by atoms with E-state index in [-0.39, 0.29) is 0 Å². The zero-order valence-corrected chi connectivity index (χ0v) is 9.73. The molecule has 0 bridgehead atoms. The molecule has 2 nitrogen and oxygen atoms in total. The van der Waals surface area contributed by atoms with E-state index in [4.69, 9.17) is 0 Å². The minimum Gasteiger partial charge on any atom is -0.383 e. The van der Waals surface area contributed by atoms with E-state index >= 15 is 0 Å². The molecule has 0 aliphatic heterocycles. The highest BCUT2D eigenvalue weighted by Crippen LogP contribution is 2.15. The van der Waals surface area contributed by atoms with Gasteiger partial charge in [-0.1, -0.05) is 37.3 Å². The first kappa shape index (κ1) is 11.6. The number of pyridine rings is 1. The van der Waals surface area contributed by atoms with Crippen LogP contribution in [-0.2, 0) is 0 Å². The van der Waals surface area contributed by atoms with Crippen molar-refractivity contribution in [1.29, 1.82) is 0 Å². The molecule has 0 aliphatic rings. The van der Waals surface area contributed by atoms with Crippen LogP contribution in [0.2, 0.25) is 0 Å². The standard InChI is InChI=1S/C14H15FN2/c1-11(12-5-3-2-4-6-12)9-16-13-7-8-14(15)17-10-13/h2-8,10-11,16H,9H2,1H3. The van der Waals surface area contributed by atoms with E-state index in [0.717, 1.165) is 12.2 Å². The van der Waals surface area contributed by atoms with Crippen molar-refractivity contribution in [1.82, 2.24) is 4.98 Å². The van der Waals surface area contributed by atoms with Crippen LogP contribution in [-0.4, -0.2) is 11.5 Å². The molecule has 1 unspecified atom stereocenters. The van der Waals surface area contributed by atoms with E-state index in [1.54, 1.807) is 6.07 Å². The van der Waals surface area contributed by atoms with Crippen LogP contribution < -0.4 is 5.32 Å². The molecule has 0 spiro atoms. The molecule has 1 heterocycles. The summed E-state index contributed by atoms with van der Waals surface area (Å²) in [6.45, 7) is 2.95. The zero-order valence-electron chi connectivity index (χ0n) is 9.73. The summed E-state index contributed by atoms with van der Waals surface area (Å²) in [4.78, 5) is 3.60. The van der Waals surface area contributed by atoms with Gasteiger partial charge in [0.25, 0.3) is 0 Å². The SMILES string of the molecule is CC(CNc1ccc(F)nc1)c1ccccc1. The van der Waals surface area contributed by atoms with Gasteiger partial charge in [0, 0.05) is 6.54 Å². The second-order valence-corrected chi connectivity index (χ2v) is 4.06. The number of anilines is 1. The lowest BCUT2D eigenvalue weighted by Gasteiger charge is -2.13. The molecular formula is C14H15FN2. The maximum absolute atomic E-state index is 12.6. The Kier molecular flexibility index (Phi) is 3.70. The van der Waals surface area contributed by atoms with Gasteiger partial charge in [0.2, 0.25) is 5.95 Å². The average Bonchev–Trinajstić information content (AvgIpc) is 2.39. The van der Waals surface area contributed by atoms with Gasteiger partial charge < -0.3 is 5.32 Å². The molecule has 0 saturated heterocycles. The molecule has 1 aromatic heterocycles. The van der Waals surface area contributed by atoms with E-state index < -0.39 is 5.95 Å². The van der Waals surface area contributed by atoms with E-state index in [2.05, 4.69) is 29.4 Å². The third kappa shape index (κ3) is 3.28. The Labute approximate surface area is 101 Å². The molecule has 2 rings (SSSR count). The number of benzene rings is 1. The van der Waals surface area contributed by atoms with Crippen molar-refractivity contribution in [3.63, 3.8) is 0 Å². The predicted molar refractivity (Wildman–Crippen MR) is 67.5 cm³/mol. The van der Waals surface area contributed by atoms with Gasteiger partial charge in [-0.15, -0.1) is 0 Å². The van der Waals surface area contributed by atoms with Gasteiger partial charge in [-0.25, -0.2) is 4.98 Å². The number of hydrogen-bond donors (Lipinski definition) is 1. The second-order valence-electron chi connectivity index (χ2n) is 4.06. The molecular weight excluding hydrogens is 215 g/mol. The van der Waals surface area contributed by atoms with E-state index in [1.807, 2.05) is 18.2 Å². The fourth-order valence-corrected chi connectivity index (χ4v) is 1.65. The fourth-order valence-electron chi connectivity index (χ4n) is 1.65. The maximum atomic E-state index is 12.6. The minimum absolute atomic E-state index is 0.404. The van der Waals surface area contributed by atoms with Crippen molar-refractivity contribution in [2.24, 2.45) is 0 Å². The van der Waals surface area contributed by atoms with Crippen molar-refractivity contribution in [3.05, 3.63) is 60.2 Å². The quantitative estimate of drug-likeness (QED) is 0.814. The van der Waals surface area contributed by atoms with E-state index in [9.17, 15) is 4.39 Å². The predicted octanol–water partition coefficient (Wildman–Crippen LogP) is 3.44. The molecule has 0 aliphatic carbocycles. The van der Waals surface area contributed by atoms with Crippen LogP contribution in [0.3, 0.4) is 0 Å². The first-order chi connectivity index (χ1) is 8.25. The molecule has 2 aromatic rings. The number of halogens is 1. The van der Waals surface area contributed by atoms with Crippen molar-refractivity contribution in [2.75, 3.05) is 11.9 Å². The lowest BCUT2D eigenvalue weighted by Crippen LogP contribution is -2.09. The molecule has 0 amide bonds. The summed E-state index contributed by atoms with van der Waals surface area (Å²) < 4.78 is 12.6. The monoisotopic (exact) mass is 230 g/mol. The summed E-state index contributed by atoms with van der Waals surface area (Å²) in [7, 11) is 0. The highest BCUT2D eigenvalue weighted by atomic mass is 19.1. The Hall–Kier alpha value is -1.90. The summed E-state index contributed by atoms with van der Waals surface area (Å²) in [5.74, 6) is -0.0482. The molecule has 1 atom stereocenters. The van der Waals surface area contributed by atoms with E-state index in [0.29, 0.717) is 5.92 Å². The van der Waals surface area contributed by atoms with Crippen LogP contribution in [0.5, 0.6) is 0 Å². The van der Waals surface area contributed by atoms with Gasteiger partial charge in [0.15, 0.2) is 0 Å². The first-order valence-electron chi connectivity index (χ1n) is 5.66. The first-order valence-corrected chi connectivity index (χ1v) is 5.66. The normalized spacial score (nSPS) is 12.1. The molecule has 1 N–H and O–H groups in total. The number of nitrogens with zero attached hydrogens (tertiary/aromatic N) is 1. The summed E-state index contributed by atoms with van der Waals surface area (Å²) in [5.41, 5.74) is 2.13. The Morgan fingerprint density at radius 1 is 1.18 bits per heavy atom.